The van der Waals surface area contributed by atoms with Crippen molar-refractivity contribution in [2.24, 2.45) is 0 Å². The molecule has 1 saturated heterocycles. The summed E-state index contributed by atoms with van der Waals surface area (Å²) in [6.45, 7) is 2.99. The van der Waals surface area contributed by atoms with Crippen LogP contribution in [0.1, 0.15) is 24.8 Å². The average Bonchev–Trinajstić information content (AvgIpc) is 2.91. The maximum Gasteiger partial charge on any atom is 0.271 e. The van der Waals surface area contributed by atoms with E-state index in [1.54, 1.807) is 11.0 Å². The van der Waals surface area contributed by atoms with Gasteiger partial charge in [0.05, 0.1) is 17.2 Å². The molecular formula is C15H19N3O3. The molecule has 0 N–H and O–H groups in total. The average molecular weight is 289 g/mol. The van der Waals surface area contributed by atoms with E-state index in [9.17, 15) is 14.9 Å². The van der Waals surface area contributed by atoms with Crippen LogP contribution in [0.25, 0.3) is 0 Å². The Bertz CT molecular complexity index is 567. The summed E-state index contributed by atoms with van der Waals surface area (Å²) in [7, 11) is 0. The molecule has 0 atom stereocenters. The van der Waals surface area contributed by atoms with Crippen LogP contribution in [-0.4, -0.2) is 41.9 Å². The van der Waals surface area contributed by atoms with Crippen molar-refractivity contribution in [1.29, 1.82) is 0 Å². The lowest BCUT2D eigenvalue weighted by molar-refractivity contribution is -0.384. The van der Waals surface area contributed by atoms with E-state index in [4.69, 9.17) is 0 Å². The van der Waals surface area contributed by atoms with E-state index in [2.05, 4.69) is 4.90 Å². The van der Waals surface area contributed by atoms with Gasteiger partial charge in [0.2, 0.25) is 5.91 Å². The van der Waals surface area contributed by atoms with Gasteiger partial charge in [-0.3, -0.25) is 19.8 Å². The Morgan fingerprint density at radius 1 is 1.19 bits per heavy atom. The van der Waals surface area contributed by atoms with Crippen molar-refractivity contribution in [2.45, 2.75) is 25.7 Å². The van der Waals surface area contributed by atoms with Gasteiger partial charge in [0.15, 0.2) is 0 Å². The molecule has 0 saturated carbocycles. The number of piperidine rings is 1. The SMILES string of the molecule is O=C(CN1CCCCC1)N1CCc2ccc([N+](=O)[O-])cc21. The normalized spacial score (nSPS) is 18.6. The first kappa shape index (κ1) is 14.0. The first-order valence-corrected chi connectivity index (χ1v) is 7.45. The monoisotopic (exact) mass is 289 g/mol. The number of likely N-dealkylation sites (tertiary alicyclic amines) is 1. The number of nitro groups is 1. The molecule has 2 heterocycles. The first-order valence-electron chi connectivity index (χ1n) is 7.45. The Morgan fingerprint density at radius 2 is 1.95 bits per heavy atom. The highest BCUT2D eigenvalue weighted by Crippen LogP contribution is 2.31. The van der Waals surface area contributed by atoms with Gasteiger partial charge in [0, 0.05) is 18.7 Å². The highest BCUT2D eigenvalue weighted by atomic mass is 16.6. The molecule has 0 radical (unpaired) electrons. The van der Waals surface area contributed by atoms with E-state index in [-0.39, 0.29) is 11.6 Å². The molecule has 1 aromatic carbocycles. The molecule has 0 unspecified atom stereocenters. The van der Waals surface area contributed by atoms with Crippen LogP contribution < -0.4 is 4.90 Å². The van der Waals surface area contributed by atoms with Crippen LogP contribution in [0.5, 0.6) is 0 Å². The van der Waals surface area contributed by atoms with Crippen LogP contribution in [-0.2, 0) is 11.2 Å². The molecule has 0 aromatic heterocycles. The van der Waals surface area contributed by atoms with Gasteiger partial charge in [-0.25, -0.2) is 0 Å². The van der Waals surface area contributed by atoms with Crippen molar-refractivity contribution in [3.05, 3.63) is 33.9 Å². The molecule has 112 valence electrons. The van der Waals surface area contributed by atoms with Crippen molar-refractivity contribution in [2.75, 3.05) is 31.1 Å². The Labute approximate surface area is 123 Å². The highest BCUT2D eigenvalue weighted by Gasteiger charge is 2.27. The van der Waals surface area contributed by atoms with Crippen LogP contribution in [0, 0.1) is 10.1 Å². The number of rotatable bonds is 3. The van der Waals surface area contributed by atoms with Gasteiger partial charge in [-0.2, -0.15) is 0 Å². The lowest BCUT2D eigenvalue weighted by atomic mass is 10.1. The Kier molecular flexibility index (Phi) is 3.88. The number of benzene rings is 1. The molecule has 2 aliphatic rings. The lowest BCUT2D eigenvalue weighted by Gasteiger charge is -2.28. The second-order valence-corrected chi connectivity index (χ2v) is 5.70. The second kappa shape index (κ2) is 5.81. The predicted octanol–water partition coefficient (Wildman–Crippen LogP) is 1.97. The predicted molar refractivity (Wildman–Crippen MR) is 79.4 cm³/mol. The lowest BCUT2D eigenvalue weighted by Crippen LogP contribution is -2.41. The molecule has 0 bridgehead atoms. The van der Waals surface area contributed by atoms with Crippen molar-refractivity contribution in [1.82, 2.24) is 4.90 Å². The fraction of sp³-hybridized carbons (Fsp3) is 0.533. The summed E-state index contributed by atoms with van der Waals surface area (Å²) in [5.41, 5.74) is 1.78. The summed E-state index contributed by atoms with van der Waals surface area (Å²) in [5, 5.41) is 10.9. The van der Waals surface area contributed by atoms with Gasteiger partial charge in [0.1, 0.15) is 0 Å². The molecule has 2 aliphatic heterocycles. The minimum absolute atomic E-state index is 0.0476. The number of nitrogens with zero attached hydrogens (tertiary/aromatic N) is 3. The molecule has 0 spiro atoms. The summed E-state index contributed by atoms with van der Waals surface area (Å²) in [6.07, 6.45) is 4.31. The van der Waals surface area contributed by atoms with Gasteiger partial charge in [0.25, 0.3) is 5.69 Å². The topological polar surface area (TPSA) is 66.7 Å². The Morgan fingerprint density at radius 3 is 2.67 bits per heavy atom. The quantitative estimate of drug-likeness (QED) is 0.630. The standard InChI is InChI=1S/C15H19N3O3/c19-15(11-16-7-2-1-3-8-16)17-9-6-12-4-5-13(18(20)21)10-14(12)17/h4-5,10H,1-3,6-9,11H2. The summed E-state index contributed by atoms with van der Waals surface area (Å²) in [6, 6.07) is 4.80. The molecule has 1 amide bonds. The number of anilines is 1. The van der Waals surface area contributed by atoms with Crippen LogP contribution in [0.3, 0.4) is 0 Å². The summed E-state index contributed by atoms with van der Waals surface area (Å²) >= 11 is 0. The zero-order chi connectivity index (χ0) is 14.8. The largest absolute Gasteiger partial charge is 0.310 e. The molecule has 6 heteroatoms. The molecular weight excluding hydrogens is 270 g/mol. The van der Waals surface area contributed by atoms with Crippen LogP contribution in [0.15, 0.2) is 18.2 Å². The third-order valence-corrected chi connectivity index (χ3v) is 4.28. The number of fused-ring (bicyclic) bond motifs is 1. The molecule has 1 aromatic rings. The van der Waals surface area contributed by atoms with Gasteiger partial charge < -0.3 is 4.90 Å². The summed E-state index contributed by atoms with van der Waals surface area (Å²) in [5.74, 6) is 0.0520. The summed E-state index contributed by atoms with van der Waals surface area (Å²) in [4.78, 5) is 26.8. The first-order chi connectivity index (χ1) is 10.1. The van der Waals surface area contributed by atoms with Gasteiger partial charge in [-0.15, -0.1) is 0 Å². The van der Waals surface area contributed by atoms with Crippen LogP contribution in [0.2, 0.25) is 0 Å². The fourth-order valence-electron chi connectivity index (χ4n) is 3.13. The second-order valence-electron chi connectivity index (χ2n) is 5.70. The van der Waals surface area contributed by atoms with E-state index >= 15 is 0 Å². The third-order valence-electron chi connectivity index (χ3n) is 4.28. The molecule has 3 rings (SSSR count). The van der Waals surface area contributed by atoms with Crippen molar-refractivity contribution in [3.63, 3.8) is 0 Å². The molecule has 1 fully saturated rings. The maximum atomic E-state index is 12.5. The van der Waals surface area contributed by atoms with E-state index in [1.165, 1.54) is 18.6 Å². The van der Waals surface area contributed by atoms with Gasteiger partial charge in [-0.05, 0) is 37.9 Å². The van der Waals surface area contributed by atoms with Crippen LogP contribution >= 0.6 is 0 Å². The number of non-ortho nitro benzene ring substituents is 1. The maximum absolute atomic E-state index is 12.5. The van der Waals surface area contributed by atoms with Gasteiger partial charge in [-0.1, -0.05) is 12.5 Å². The van der Waals surface area contributed by atoms with Crippen LogP contribution in [0.4, 0.5) is 11.4 Å². The minimum Gasteiger partial charge on any atom is -0.310 e. The van der Waals surface area contributed by atoms with E-state index in [0.29, 0.717) is 18.8 Å². The number of hydrogen-bond donors (Lipinski definition) is 0. The third kappa shape index (κ3) is 2.90. The van der Waals surface area contributed by atoms with Gasteiger partial charge >= 0.3 is 0 Å². The number of carbonyl (C=O) groups excluding carboxylic acids is 1. The summed E-state index contributed by atoms with van der Waals surface area (Å²) < 4.78 is 0. The highest BCUT2D eigenvalue weighted by molar-refractivity contribution is 5.97. The number of hydrogen-bond acceptors (Lipinski definition) is 4. The molecule has 21 heavy (non-hydrogen) atoms. The van der Waals surface area contributed by atoms with E-state index in [1.807, 2.05) is 0 Å². The Hall–Kier alpha value is -1.95. The van der Waals surface area contributed by atoms with E-state index < -0.39 is 4.92 Å². The molecule has 0 aliphatic carbocycles. The van der Waals surface area contributed by atoms with E-state index in [0.717, 1.165) is 37.9 Å². The zero-order valence-electron chi connectivity index (χ0n) is 12.0. The number of nitro benzene ring substituents is 1. The van der Waals surface area contributed by atoms with Crippen molar-refractivity contribution >= 4 is 17.3 Å². The van der Waals surface area contributed by atoms with Crippen molar-refractivity contribution in [3.8, 4) is 0 Å². The fourth-order valence-corrected chi connectivity index (χ4v) is 3.13. The Balaban J connectivity index is 1.74. The smallest absolute Gasteiger partial charge is 0.271 e. The zero-order valence-corrected chi connectivity index (χ0v) is 12.0. The molecule has 6 nitrogen and oxygen atoms in total. The number of amides is 1. The van der Waals surface area contributed by atoms with Crippen molar-refractivity contribution < 1.29 is 9.72 Å². The minimum atomic E-state index is -0.411. The number of carbonyl (C=O) groups is 1.